The Labute approximate surface area is 113 Å². The molecule has 2 aromatic heterocycles. The molecule has 14 heavy (non-hydrogen) atoms. The van der Waals surface area contributed by atoms with Gasteiger partial charge in [0.15, 0.2) is 0 Å². The molecule has 2 heterocycles. The molecule has 2 aromatic rings. The number of hydrogen-bond donors (Lipinski definition) is 0. The van der Waals surface area contributed by atoms with E-state index in [0.29, 0.717) is 5.15 Å². The molecule has 1 radical (unpaired) electrons. The molecule has 0 N–H and O–H groups in total. The Kier molecular flexibility index (Phi) is 3.67. The first kappa shape index (κ1) is 12.1. The van der Waals surface area contributed by atoms with Crippen LogP contribution < -0.4 is 0 Å². The Morgan fingerprint density at radius 2 is 1.93 bits per heavy atom. The van der Waals surface area contributed by atoms with E-state index in [1.807, 2.05) is 20.8 Å². The van der Waals surface area contributed by atoms with Gasteiger partial charge >= 0.3 is 0 Å². The molecule has 3 nitrogen and oxygen atoms in total. The van der Waals surface area contributed by atoms with Crippen LogP contribution in [-0.2, 0) is 32.7 Å². The average Bonchev–Trinajstić information content (AvgIpc) is 2.38. The van der Waals surface area contributed by atoms with Crippen molar-refractivity contribution in [3.8, 4) is 0 Å². The van der Waals surface area contributed by atoms with Gasteiger partial charge < -0.3 is 9.50 Å². The van der Waals surface area contributed by atoms with E-state index in [1.165, 1.54) is 0 Å². The average molecular weight is 284 g/mol. The van der Waals surface area contributed by atoms with Gasteiger partial charge in [0.1, 0.15) is 0 Å². The van der Waals surface area contributed by atoms with Crippen molar-refractivity contribution in [3.63, 3.8) is 0 Å². The third-order valence-corrected chi connectivity index (χ3v) is 2.60. The minimum absolute atomic E-state index is 0. The second-order valence-corrected chi connectivity index (χ2v) is 3.44. The van der Waals surface area contributed by atoms with Gasteiger partial charge in [-0.2, -0.15) is 5.10 Å². The fraction of sp³-hybridized carbons (Fsp3) is 0.333. The summed E-state index contributed by atoms with van der Waals surface area (Å²) in [6, 6.07) is 0. The van der Waals surface area contributed by atoms with Crippen molar-refractivity contribution < 1.29 is 32.7 Å². The van der Waals surface area contributed by atoms with Crippen molar-refractivity contribution >= 4 is 17.2 Å². The van der Waals surface area contributed by atoms with Gasteiger partial charge in [-0.3, -0.25) is 0 Å². The number of halogens is 1. The predicted octanol–water partition coefficient (Wildman–Crippen LogP) is 2.11. The van der Waals surface area contributed by atoms with Crippen molar-refractivity contribution in [2.24, 2.45) is 0 Å². The van der Waals surface area contributed by atoms with E-state index >= 15 is 0 Å². The number of aromatic nitrogens is 3. The number of fused-ring (bicyclic) bond motifs is 1. The van der Waals surface area contributed by atoms with E-state index < -0.39 is 0 Å². The van der Waals surface area contributed by atoms with E-state index in [2.05, 4.69) is 16.3 Å². The van der Waals surface area contributed by atoms with Gasteiger partial charge in [0.25, 0.3) is 0 Å². The van der Waals surface area contributed by atoms with E-state index in [1.54, 1.807) is 4.52 Å². The van der Waals surface area contributed by atoms with E-state index in [0.717, 1.165) is 22.5 Å². The zero-order valence-electron chi connectivity index (χ0n) is 8.30. The quantitative estimate of drug-likeness (QED) is 0.547. The van der Waals surface area contributed by atoms with Crippen LogP contribution in [0.15, 0.2) is 0 Å². The summed E-state index contributed by atoms with van der Waals surface area (Å²) in [7, 11) is 0. The van der Waals surface area contributed by atoms with E-state index in [4.69, 9.17) is 11.6 Å². The van der Waals surface area contributed by atoms with Crippen molar-refractivity contribution in [1.82, 2.24) is 14.6 Å². The Morgan fingerprint density at radius 3 is 2.57 bits per heavy atom. The Hall–Kier alpha value is 0.0139. The molecule has 0 bridgehead atoms. The first-order chi connectivity index (χ1) is 6.11. The monoisotopic (exact) mass is 283 g/mol. The molecule has 71 valence electrons. The molecule has 0 unspecified atom stereocenters. The van der Waals surface area contributed by atoms with Crippen LogP contribution in [0.2, 0.25) is 5.15 Å². The minimum atomic E-state index is 0. The molecule has 0 fully saturated rings. The third kappa shape index (κ3) is 1.73. The van der Waals surface area contributed by atoms with Gasteiger partial charge in [-0.05, 0) is 19.4 Å². The Morgan fingerprint density at radius 1 is 1.29 bits per heavy atom. The summed E-state index contributed by atoms with van der Waals surface area (Å²) >= 11 is 6.04. The van der Waals surface area contributed by atoms with Crippen LogP contribution in [0, 0.1) is 27.0 Å². The standard InChI is InChI=1S/C9H9ClN3.Y/c1-5-4-11-9-6(2)7(3)12-13(9)8(5)10;/h1-3H3;/q-1;. The van der Waals surface area contributed by atoms with Crippen molar-refractivity contribution in [2.45, 2.75) is 20.8 Å². The maximum absolute atomic E-state index is 6.04. The van der Waals surface area contributed by atoms with Crippen LogP contribution in [0.25, 0.3) is 5.65 Å². The zero-order chi connectivity index (χ0) is 9.59. The van der Waals surface area contributed by atoms with Gasteiger partial charge in [-0.15, -0.1) is 17.2 Å². The van der Waals surface area contributed by atoms with E-state index in [-0.39, 0.29) is 32.7 Å². The third-order valence-electron chi connectivity index (χ3n) is 2.15. The second kappa shape index (κ2) is 4.25. The fourth-order valence-electron chi connectivity index (χ4n) is 1.20. The molecular weight excluding hydrogens is 274 g/mol. The molecule has 0 aliphatic carbocycles. The molecular formula is C9H9ClN3Y-. The Bertz CT molecular complexity index is 478. The van der Waals surface area contributed by atoms with Crippen LogP contribution in [0.1, 0.15) is 16.8 Å². The van der Waals surface area contributed by atoms with Crippen molar-refractivity contribution in [1.29, 1.82) is 0 Å². The first-order valence-corrected chi connectivity index (χ1v) is 4.38. The summed E-state index contributed by atoms with van der Waals surface area (Å²) in [4.78, 5) is 4.15. The molecule has 0 amide bonds. The summed E-state index contributed by atoms with van der Waals surface area (Å²) in [5, 5.41) is 4.86. The number of rotatable bonds is 0. The van der Waals surface area contributed by atoms with E-state index in [9.17, 15) is 0 Å². The predicted molar refractivity (Wildman–Crippen MR) is 51.0 cm³/mol. The van der Waals surface area contributed by atoms with Gasteiger partial charge in [0, 0.05) is 43.5 Å². The van der Waals surface area contributed by atoms with Crippen LogP contribution >= 0.6 is 11.6 Å². The first-order valence-electron chi connectivity index (χ1n) is 4.01. The summed E-state index contributed by atoms with van der Waals surface area (Å²) < 4.78 is 1.65. The maximum atomic E-state index is 6.04. The smallest absolute Gasteiger partial charge is 0.0504 e. The van der Waals surface area contributed by atoms with Gasteiger partial charge in [-0.1, -0.05) is 13.1 Å². The molecule has 0 spiro atoms. The molecule has 0 aliphatic rings. The second-order valence-electron chi connectivity index (χ2n) is 3.09. The summed E-state index contributed by atoms with van der Waals surface area (Å²) in [6.07, 6.45) is 2.85. The van der Waals surface area contributed by atoms with Crippen LogP contribution in [0.3, 0.4) is 0 Å². The van der Waals surface area contributed by atoms with Gasteiger partial charge in [-0.25, -0.2) is 0 Å². The number of hydrogen-bond acceptors (Lipinski definition) is 2. The number of aryl methyl sites for hydroxylation is 3. The normalized spacial score (nSPS) is 10.3. The summed E-state index contributed by atoms with van der Waals surface area (Å²) in [5.41, 5.74) is 3.61. The van der Waals surface area contributed by atoms with Crippen LogP contribution in [0.4, 0.5) is 0 Å². The maximum Gasteiger partial charge on any atom is 0.0504 e. The zero-order valence-corrected chi connectivity index (χ0v) is 11.9. The molecule has 0 aliphatic heterocycles. The molecule has 0 saturated carbocycles. The van der Waals surface area contributed by atoms with Gasteiger partial charge in [0.05, 0.1) is 5.69 Å². The summed E-state index contributed by atoms with van der Waals surface area (Å²) in [5.74, 6) is 0. The molecule has 2 rings (SSSR count). The Balaban J connectivity index is 0.000000980. The SMILES string of the molecule is Cc1[c-]nc2c(C)c(C)nn2c1Cl.[Y]. The molecule has 0 saturated heterocycles. The minimum Gasteiger partial charge on any atom is -0.369 e. The van der Waals surface area contributed by atoms with Crippen molar-refractivity contribution in [2.75, 3.05) is 0 Å². The van der Waals surface area contributed by atoms with Crippen LogP contribution in [0.5, 0.6) is 0 Å². The molecule has 5 heteroatoms. The van der Waals surface area contributed by atoms with Crippen molar-refractivity contribution in [3.05, 3.63) is 28.2 Å². The largest absolute Gasteiger partial charge is 0.369 e. The fourth-order valence-corrected chi connectivity index (χ4v) is 1.36. The van der Waals surface area contributed by atoms with Crippen LogP contribution in [-0.4, -0.2) is 14.6 Å². The molecule has 0 aromatic carbocycles. The number of nitrogens with zero attached hydrogens (tertiary/aromatic N) is 3. The topological polar surface area (TPSA) is 30.2 Å². The summed E-state index contributed by atoms with van der Waals surface area (Å²) in [6.45, 7) is 5.78. The van der Waals surface area contributed by atoms with Gasteiger partial charge in [0.2, 0.25) is 0 Å². The molecule has 0 atom stereocenters.